The third kappa shape index (κ3) is 2.88. The van der Waals surface area contributed by atoms with Crippen LogP contribution in [0.3, 0.4) is 0 Å². The van der Waals surface area contributed by atoms with Crippen LogP contribution < -0.4 is 5.32 Å². The van der Waals surface area contributed by atoms with Crippen LogP contribution in [-0.4, -0.2) is 28.5 Å². The summed E-state index contributed by atoms with van der Waals surface area (Å²) in [7, 11) is 0. The van der Waals surface area contributed by atoms with E-state index in [1.165, 1.54) is 0 Å². The minimum Gasteiger partial charge on any atom is -0.481 e. The maximum atomic E-state index is 12.4. The number of carboxylic acids is 1. The zero-order chi connectivity index (χ0) is 16.3. The van der Waals surface area contributed by atoms with E-state index in [2.05, 4.69) is 26.2 Å². The summed E-state index contributed by atoms with van der Waals surface area (Å²) in [5, 5.41) is 13.0. The second kappa shape index (κ2) is 6.52. The number of hydrogen-bond acceptors (Lipinski definition) is 2. The smallest absolute Gasteiger partial charge is 0.311 e. The Morgan fingerprint density at radius 2 is 2.00 bits per heavy atom. The van der Waals surface area contributed by atoms with Crippen molar-refractivity contribution >= 4 is 38.7 Å². The highest BCUT2D eigenvalue weighted by molar-refractivity contribution is 9.10. The molecule has 0 radical (unpaired) electrons. The molecule has 2 aromatic rings. The van der Waals surface area contributed by atoms with E-state index in [4.69, 9.17) is 0 Å². The lowest BCUT2D eigenvalue weighted by atomic mass is 9.82. The maximum Gasteiger partial charge on any atom is 0.311 e. The summed E-state index contributed by atoms with van der Waals surface area (Å²) >= 11 is 3.44. The number of amides is 1. The summed E-state index contributed by atoms with van der Waals surface area (Å²) in [4.78, 5) is 27.0. The van der Waals surface area contributed by atoms with Crippen molar-refractivity contribution in [3.63, 3.8) is 0 Å². The Kier molecular flexibility index (Phi) is 4.90. The molecule has 1 heterocycles. The second-order valence-electron chi connectivity index (χ2n) is 5.34. The highest BCUT2D eigenvalue weighted by Gasteiger charge is 2.35. The van der Waals surface area contributed by atoms with Crippen LogP contribution in [-0.2, 0) is 4.79 Å². The van der Waals surface area contributed by atoms with Crippen LogP contribution in [0.1, 0.15) is 37.0 Å². The number of fused-ring (bicyclic) bond motifs is 1. The van der Waals surface area contributed by atoms with Crippen molar-refractivity contribution in [3.05, 3.63) is 34.4 Å². The number of H-pyrrole nitrogens is 1. The standard InChI is InChI=1S/C16H19BrN2O3/c1-3-16(4-2,15(21)22)9-19-14(20)10-8-18-12-7-5-6-11(17)13(10)12/h5-8,18H,3-4,9H2,1-2H3,(H,19,20)(H,21,22). The molecule has 0 saturated carbocycles. The molecule has 0 atom stereocenters. The van der Waals surface area contributed by atoms with Gasteiger partial charge in [0.25, 0.3) is 5.91 Å². The summed E-state index contributed by atoms with van der Waals surface area (Å²) in [5.41, 5.74) is 0.447. The van der Waals surface area contributed by atoms with Gasteiger partial charge in [-0.1, -0.05) is 35.8 Å². The molecular weight excluding hydrogens is 348 g/mol. The number of aromatic amines is 1. The van der Waals surface area contributed by atoms with E-state index in [0.717, 1.165) is 15.4 Å². The Balaban J connectivity index is 2.23. The fourth-order valence-corrected chi connectivity index (χ4v) is 3.12. The van der Waals surface area contributed by atoms with E-state index in [1.807, 2.05) is 32.0 Å². The summed E-state index contributed by atoms with van der Waals surface area (Å²) in [6.45, 7) is 3.77. The Hall–Kier alpha value is -1.82. The third-order valence-corrected chi connectivity index (χ3v) is 4.95. The number of aliphatic carboxylic acids is 1. The van der Waals surface area contributed by atoms with E-state index in [0.29, 0.717) is 18.4 Å². The molecule has 0 bridgehead atoms. The van der Waals surface area contributed by atoms with Crippen LogP contribution >= 0.6 is 15.9 Å². The van der Waals surface area contributed by atoms with Gasteiger partial charge in [0.1, 0.15) is 0 Å². The number of halogens is 1. The zero-order valence-electron chi connectivity index (χ0n) is 12.6. The number of benzene rings is 1. The van der Waals surface area contributed by atoms with E-state index in [1.54, 1.807) is 6.20 Å². The molecule has 0 saturated heterocycles. The monoisotopic (exact) mass is 366 g/mol. The molecular formula is C16H19BrN2O3. The first-order valence-corrected chi connectivity index (χ1v) is 8.01. The second-order valence-corrected chi connectivity index (χ2v) is 6.19. The summed E-state index contributed by atoms with van der Waals surface area (Å²) in [6, 6.07) is 5.64. The van der Waals surface area contributed by atoms with Gasteiger partial charge in [-0.2, -0.15) is 0 Å². The highest BCUT2D eigenvalue weighted by atomic mass is 79.9. The molecule has 0 aliphatic rings. The molecule has 3 N–H and O–H groups in total. The number of carboxylic acid groups (broad SMARTS) is 1. The van der Waals surface area contributed by atoms with E-state index < -0.39 is 11.4 Å². The molecule has 0 spiro atoms. The van der Waals surface area contributed by atoms with Gasteiger partial charge in [0.15, 0.2) is 0 Å². The van der Waals surface area contributed by atoms with E-state index in [9.17, 15) is 14.7 Å². The normalized spacial score (nSPS) is 11.6. The van der Waals surface area contributed by atoms with Crippen molar-refractivity contribution in [3.8, 4) is 0 Å². The van der Waals surface area contributed by atoms with Crippen molar-refractivity contribution in [2.75, 3.05) is 6.54 Å². The topological polar surface area (TPSA) is 82.2 Å². The van der Waals surface area contributed by atoms with Crippen LogP contribution in [0.15, 0.2) is 28.9 Å². The van der Waals surface area contributed by atoms with Crippen LogP contribution in [0.4, 0.5) is 0 Å². The van der Waals surface area contributed by atoms with Crippen LogP contribution in [0.5, 0.6) is 0 Å². The molecule has 0 unspecified atom stereocenters. The molecule has 118 valence electrons. The molecule has 2 rings (SSSR count). The van der Waals surface area contributed by atoms with Crippen molar-refractivity contribution in [2.45, 2.75) is 26.7 Å². The molecule has 22 heavy (non-hydrogen) atoms. The summed E-state index contributed by atoms with van der Waals surface area (Å²) in [6.07, 6.45) is 2.58. The molecule has 6 heteroatoms. The molecule has 0 fully saturated rings. The highest BCUT2D eigenvalue weighted by Crippen LogP contribution is 2.28. The van der Waals surface area contributed by atoms with Gasteiger partial charge in [-0.05, 0) is 25.0 Å². The van der Waals surface area contributed by atoms with Gasteiger partial charge in [0.2, 0.25) is 0 Å². The lowest BCUT2D eigenvalue weighted by Crippen LogP contribution is -2.42. The first-order chi connectivity index (χ1) is 10.4. The Morgan fingerprint density at radius 1 is 1.32 bits per heavy atom. The SMILES string of the molecule is CCC(CC)(CNC(=O)c1c[nH]c2cccc(Br)c12)C(=O)O. The number of carbonyl (C=O) groups excluding carboxylic acids is 1. The Labute approximate surface area is 137 Å². The number of rotatable bonds is 6. The largest absolute Gasteiger partial charge is 0.481 e. The van der Waals surface area contributed by atoms with Crippen LogP contribution in [0.25, 0.3) is 10.9 Å². The van der Waals surface area contributed by atoms with Crippen molar-refractivity contribution in [1.82, 2.24) is 10.3 Å². The Bertz CT molecular complexity index is 704. The fourth-order valence-electron chi connectivity index (χ4n) is 2.54. The van der Waals surface area contributed by atoms with Crippen molar-refractivity contribution in [1.29, 1.82) is 0 Å². The number of aromatic nitrogens is 1. The minimum atomic E-state index is -0.918. The first kappa shape index (κ1) is 16.5. The quantitative estimate of drug-likeness (QED) is 0.730. The molecule has 0 aliphatic carbocycles. The van der Waals surface area contributed by atoms with Crippen LogP contribution in [0.2, 0.25) is 0 Å². The predicted molar refractivity (Wildman–Crippen MR) is 89.0 cm³/mol. The number of hydrogen-bond donors (Lipinski definition) is 3. The molecule has 1 aromatic heterocycles. The molecule has 1 amide bonds. The lowest BCUT2D eigenvalue weighted by Gasteiger charge is -2.26. The van der Waals surface area contributed by atoms with Gasteiger partial charge in [-0.15, -0.1) is 0 Å². The van der Waals surface area contributed by atoms with Gasteiger partial charge >= 0.3 is 5.97 Å². The van der Waals surface area contributed by atoms with E-state index >= 15 is 0 Å². The maximum absolute atomic E-state index is 12.4. The molecule has 5 nitrogen and oxygen atoms in total. The fraction of sp³-hybridized carbons (Fsp3) is 0.375. The Morgan fingerprint density at radius 3 is 2.59 bits per heavy atom. The zero-order valence-corrected chi connectivity index (χ0v) is 14.2. The van der Waals surface area contributed by atoms with Gasteiger partial charge < -0.3 is 15.4 Å². The van der Waals surface area contributed by atoms with Crippen molar-refractivity contribution in [2.24, 2.45) is 5.41 Å². The average molecular weight is 367 g/mol. The molecule has 0 aliphatic heterocycles. The van der Waals surface area contributed by atoms with Gasteiger partial charge in [0, 0.05) is 28.1 Å². The number of carbonyl (C=O) groups is 2. The van der Waals surface area contributed by atoms with E-state index in [-0.39, 0.29) is 12.5 Å². The van der Waals surface area contributed by atoms with Crippen molar-refractivity contribution < 1.29 is 14.7 Å². The number of nitrogens with one attached hydrogen (secondary N) is 2. The lowest BCUT2D eigenvalue weighted by molar-refractivity contribution is -0.149. The third-order valence-electron chi connectivity index (χ3n) is 4.29. The minimum absolute atomic E-state index is 0.116. The van der Waals surface area contributed by atoms with Gasteiger partial charge in [-0.3, -0.25) is 9.59 Å². The van der Waals surface area contributed by atoms with Crippen LogP contribution in [0, 0.1) is 5.41 Å². The summed E-state index contributed by atoms with van der Waals surface area (Å²) in [5.74, 6) is -1.15. The summed E-state index contributed by atoms with van der Waals surface area (Å²) < 4.78 is 0.826. The first-order valence-electron chi connectivity index (χ1n) is 7.22. The van der Waals surface area contributed by atoms with Gasteiger partial charge in [0.05, 0.1) is 11.0 Å². The predicted octanol–water partition coefficient (Wildman–Crippen LogP) is 3.55. The van der Waals surface area contributed by atoms with Gasteiger partial charge in [-0.25, -0.2) is 0 Å². The molecule has 1 aromatic carbocycles. The average Bonchev–Trinajstić information content (AvgIpc) is 2.94.